The first-order valence-corrected chi connectivity index (χ1v) is 4.20. The Morgan fingerprint density at radius 1 is 1.78 bits per heavy atom. The van der Waals surface area contributed by atoms with Crippen LogP contribution in [0.25, 0.3) is 0 Å². The van der Waals surface area contributed by atoms with Crippen molar-refractivity contribution in [2.75, 3.05) is 0 Å². The third kappa shape index (κ3) is 4.57. The second kappa shape index (κ2) is 4.90. The van der Waals surface area contributed by atoms with E-state index in [1.807, 2.05) is 6.92 Å². The normalized spacial score (nSPS) is 17.2. The number of hydrogen-bond acceptors (Lipinski definition) is 2. The minimum Gasteiger partial charge on any atom is -0.315 e. The molecule has 0 aliphatic rings. The number of unbranched alkanes of at least 4 members (excludes halogenated alkanes) is 1. The molecule has 0 heterocycles. The van der Waals surface area contributed by atoms with Gasteiger partial charge in [0.05, 0.1) is 0 Å². The van der Waals surface area contributed by atoms with Crippen LogP contribution in [0.2, 0.25) is 0 Å². The lowest BCUT2D eigenvalue weighted by molar-refractivity contribution is 0.537. The van der Waals surface area contributed by atoms with Gasteiger partial charge < -0.3 is 10.3 Å². The molecule has 2 unspecified atom stereocenters. The van der Waals surface area contributed by atoms with Gasteiger partial charge in [-0.15, -0.1) is 0 Å². The third-order valence-corrected chi connectivity index (χ3v) is 1.85. The van der Waals surface area contributed by atoms with Crippen LogP contribution in [0.1, 0.15) is 26.2 Å². The summed E-state index contributed by atoms with van der Waals surface area (Å²) < 4.78 is 18.6. The van der Waals surface area contributed by atoms with Crippen LogP contribution in [0, 0.1) is 0 Å². The van der Waals surface area contributed by atoms with Crippen LogP contribution >= 0.6 is 0 Å². The lowest BCUT2D eigenvalue weighted by atomic mass is 10.2. The van der Waals surface area contributed by atoms with Crippen LogP contribution in [0.5, 0.6) is 0 Å². The lowest BCUT2D eigenvalue weighted by Gasteiger charge is -2.03. The molecule has 56 valence electrons. The summed E-state index contributed by atoms with van der Waals surface area (Å²) in [6, 6.07) is 0. The Balaban J connectivity index is 3.27. The number of rotatable bonds is 4. The molecule has 0 rings (SSSR count). The molecule has 3 nitrogen and oxygen atoms in total. The van der Waals surface area contributed by atoms with Crippen molar-refractivity contribution in [2.24, 2.45) is 5.73 Å². The Labute approximate surface area is 57.9 Å². The van der Waals surface area contributed by atoms with Crippen LogP contribution in [0.15, 0.2) is 0 Å². The summed E-state index contributed by atoms with van der Waals surface area (Å²) >= 11 is -1.83. The average molecular weight is 151 g/mol. The smallest absolute Gasteiger partial charge is 0.170 e. The van der Waals surface area contributed by atoms with E-state index >= 15 is 0 Å². The summed E-state index contributed by atoms with van der Waals surface area (Å²) in [5, 5.41) is -0.551. The zero-order chi connectivity index (χ0) is 7.28. The highest BCUT2D eigenvalue weighted by atomic mass is 32.2. The predicted molar refractivity (Wildman–Crippen MR) is 38.3 cm³/mol. The zero-order valence-corrected chi connectivity index (χ0v) is 6.36. The minimum absolute atomic E-state index is 0.551. The second-order valence-corrected chi connectivity index (χ2v) is 3.11. The van der Waals surface area contributed by atoms with Gasteiger partial charge in [0.1, 0.15) is 5.37 Å². The van der Waals surface area contributed by atoms with Crippen molar-refractivity contribution < 1.29 is 8.76 Å². The highest BCUT2D eigenvalue weighted by molar-refractivity contribution is 7.79. The average Bonchev–Trinajstić information content (AvgIpc) is 1.82. The van der Waals surface area contributed by atoms with Gasteiger partial charge in [-0.2, -0.15) is 0 Å². The molecule has 0 aliphatic heterocycles. The molecule has 0 aromatic carbocycles. The van der Waals surface area contributed by atoms with Gasteiger partial charge in [0.25, 0.3) is 0 Å². The molecule has 0 aliphatic carbocycles. The molecule has 0 fully saturated rings. The molecule has 0 aromatic heterocycles. The summed E-state index contributed by atoms with van der Waals surface area (Å²) in [4.78, 5) is 0. The number of hydrogen-bond donors (Lipinski definition) is 2. The fourth-order valence-electron chi connectivity index (χ4n) is 0.506. The van der Waals surface area contributed by atoms with Crippen LogP contribution in [0.3, 0.4) is 0 Å². The van der Waals surface area contributed by atoms with Gasteiger partial charge in [0, 0.05) is 0 Å². The van der Waals surface area contributed by atoms with E-state index < -0.39 is 16.5 Å². The number of nitrogens with two attached hydrogens (primary N) is 1. The van der Waals surface area contributed by atoms with Crippen molar-refractivity contribution in [3.63, 3.8) is 0 Å². The van der Waals surface area contributed by atoms with Crippen LogP contribution < -0.4 is 5.73 Å². The van der Waals surface area contributed by atoms with Crippen molar-refractivity contribution in [1.82, 2.24) is 0 Å². The summed E-state index contributed by atoms with van der Waals surface area (Å²) in [5.41, 5.74) is 5.25. The van der Waals surface area contributed by atoms with Gasteiger partial charge in [0.15, 0.2) is 11.1 Å². The van der Waals surface area contributed by atoms with Crippen molar-refractivity contribution in [2.45, 2.75) is 31.6 Å². The zero-order valence-electron chi connectivity index (χ0n) is 5.54. The molecule has 0 amide bonds. The largest absolute Gasteiger partial charge is 0.315 e. The molecule has 0 spiro atoms. The standard InChI is InChI=1S/C5H13NO2S/c1-2-3-4-5(6)9(7)8/h5H,2-4,6H2,1H3,(H,7,8). The molecular weight excluding hydrogens is 138 g/mol. The van der Waals surface area contributed by atoms with Gasteiger partial charge >= 0.3 is 0 Å². The van der Waals surface area contributed by atoms with E-state index in [2.05, 4.69) is 0 Å². The molecular formula is C5H13NO2S. The Morgan fingerprint density at radius 3 is 2.67 bits per heavy atom. The van der Waals surface area contributed by atoms with Crippen molar-refractivity contribution in [1.29, 1.82) is 0 Å². The van der Waals surface area contributed by atoms with Gasteiger partial charge in [-0.1, -0.05) is 19.8 Å². The Kier molecular flexibility index (Phi) is 4.94. The minimum atomic E-state index is -1.83. The topological polar surface area (TPSA) is 63.3 Å². The fraction of sp³-hybridized carbons (Fsp3) is 1.00. The maximum absolute atomic E-state index is 10.2. The molecule has 2 atom stereocenters. The lowest BCUT2D eigenvalue weighted by Crippen LogP contribution is -2.24. The quantitative estimate of drug-likeness (QED) is 0.581. The summed E-state index contributed by atoms with van der Waals surface area (Å²) in [7, 11) is 0. The second-order valence-electron chi connectivity index (χ2n) is 1.96. The SMILES string of the molecule is CCCCC(N)S(=O)O. The van der Waals surface area contributed by atoms with E-state index in [4.69, 9.17) is 10.3 Å². The highest BCUT2D eigenvalue weighted by Crippen LogP contribution is 1.99. The summed E-state index contributed by atoms with van der Waals surface area (Å²) in [6.45, 7) is 2.02. The van der Waals surface area contributed by atoms with E-state index in [1.165, 1.54) is 0 Å². The maximum Gasteiger partial charge on any atom is 0.170 e. The first-order chi connectivity index (χ1) is 4.18. The maximum atomic E-state index is 10.2. The predicted octanol–water partition coefficient (Wildman–Crippen LogP) is 0.683. The van der Waals surface area contributed by atoms with Crippen molar-refractivity contribution in [3.05, 3.63) is 0 Å². The van der Waals surface area contributed by atoms with Crippen LogP contribution in [-0.2, 0) is 11.1 Å². The Hall–Kier alpha value is 0.0700. The molecule has 0 bridgehead atoms. The molecule has 9 heavy (non-hydrogen) atoms. The Bertz CT molecular complexity index is 97.0. The molecule has 4 heteroatoms. The first-order valence-electron chi connectivity index (χ1n) is 3.03. The molecule has 0 aromatic rings. The van der Waals surface area contributed by atoms with E-state index in [1.54, 1.807) is 0 Å². The molecule has 0 saturated heterocycles. The van der Waals surface area contributed by atoms with Crippen LogP contribution in [0.4, 0.5) is 0 Å². The molecule has 0 saturated carbocycles. The Morgan fingerprint density at radius 2 is 2.33 bits per heavy atom. The van der Waals surface area contributed by atoms with Gasteiger partial charge in [-0.25, -0.2) is 4.21 Å². The third-order valence-electron chi connectivity index (χ3n) is 1.10. The van der Waals surface area contributed by atoms with E-state index in [-0.39, 0.29) is 0 Å². The monoisotopic (exact) mass is 151 g/mol. The van der Waals surface area contributed by atoms with E-state index in [0.717, 1.165) is 12.8 Å². The van der Waals surface area contributed by atoms with Gasteiger partial charge in [0.2, 0.25) is 0 Å². The van der Waals surface area contributed by atoms with Crippen LogP contribution in [-0.4, -0.2) is 14.1 Å². The highest BCUT2D eigenvalue weighted by Gasteiger charge is 2.05. The summed E-state index contributed by atoms with van der Waals surface area (Å²) in [6.07, 6.45) is 2.58. The molecule has 0 radical (unpaired) electrons. The summed E-state index contributed by atoms with van der Waals surface area (Å²) in [5.74, 6) is 0. The fourth-order valence-corrected chi connectivity index (χ4v) is 0.874. The van der Waals surface area contributed by atoms with E-state index in [0.29, 0.717) is 6.42 Å². The first kappa shape index (κ1) is 9.07. The van der Waals surface area contributed by atoms with Gasteiger partial charge in [-0.05, 0) is 6.42 Å². The molecule has 3 N–H and O–H groups in total. The van der Waals surface area contributed by atoms with Crippen molar-refractivity contribution in [3.8, 4) is 0 Å². The van der Waals surface area contributed by atoms with Gasteiger partial charge in [-0.3, -0.25) is 0 Å². The van der Waals surface area contributed by atoms with E-state index in [9.17, 15) is 4.21 Å². The van der Waals surface area contributed by atoms with Crippen molar-refractivity contribution >= 4 is 11.1 Å².